The number of para-hydroxylation sites is 1. The normalized spacial score (nSPS) is 14.7. The Labute approximate surface area is 456 Å². The molecule has 0 saturated carbocycles. The second-order valence-corrected chi connectivity index (χ2v) is 20.5. The van der Waals surface area contributed by atoms with Gasteiger partial charge in [0, 0.05) is 36.4 Å². The minimum absolute atomic E-state index is 0.0471. The predicted octanol–water partition coefficient (Wildman–Crippen LogP) is -1.29. The number of carboxylic acids is 3. The van der Waals surface area contributed by atoms with E-state index in [2.05, 4.69) is 47.5 Å². The number of carbonyl (C=O) groups excluding carboxylic acids is 8. The van der Waals surface area contributed by atoms with E-state index in [1.165, 1.54) is 0 Å². The summed E-state index contributed by atoms with van der Waals surface area (Å²) in [7, 11) is 0. The molecular weight excluding hydrogens is 1030 g/mol. The van der Waals surface area contributed by atoms with Gasteiger partial charge >= 0.3 is 17.9 Å². The Hall–Kier alpha value is -7.97. The fourth-order valence-electron chi connectivity index (χ4n) is 8.25. The Bertz CT molecular complexity index is 2590. The summed E-state index contributed by atoms with van der Waals surface area (Å²) in [5.41, 5.74) is 7.58. The van der Waals surface area contributed by atoms with Gasteiger partial charge in [0.2, 0.25) is 47.3 Å². The van der Waals surface area contributed by atoms with Gasteiger partial charge in [-0.3, -0.25) is 47.9 Å². The third-order valence-corrected chi connectivity index (χ3v) is 12.3. The third-order valence-electron chi connectivity index (χ3n) is 12.3. The summed E-state index contributed by atoms with van der Waals surface area (Å²) in [6, 6.07) is 1.15. The number of aliphatic hydroxyl groups is 2. The van der Waals surface area contributed by atoms with E-state index in [4.69, 9.17) is 10.8 Å². The van der Waals surface area contributed by atoms with Crippen LogP contribution in [0.4, 0.5) is 0 Å². The average Bonchev–Trinajstić information content (AvgIpc) is 3.83. The van der Waals surface area contributed by atoms with Crippen molar-refractivity contribution in [1.82, 2.24) is 47.5 Å². The molecule has 0 fully saturated rings. The molecule has 0 aliphatic heterocycles. The van der Waals surface area contributed by atoms with E-state index in [1.807, 2.05) is 0 Å². The molecule has 26 heteroatoms. The number of H-pyrrole nitrogens is 1. The smallest absolute Gasteiger partial charge is 0.326 e. The number of nitrogens with one attached hydrogen (secondary N) is 9. The van der Waals surface area contributed by atoms with E-state index in [9.17, 15) is 73.2 Å². The van der Waals surface area contributed by atoms with Crippen LogP contribution in [0.1, 0.15) is 91.2 Å². The largest absolute Gasteiger partial charge is 0.481 e. The highest BCUT2D eigenvalue weighted by atomic mass is 16.4. The SMILES string of the molecule is CC(C)C[C@H](NC(=O)[C@H](Cc1c[nH]c2ccccc12)NC(=O)[C@H](CO)NC(=O)[C@H](CO)NC(=O)[C@H](Cc1ccccc1)NC(=O)[C@H](CC(=O)O)NC(=O)[C@H](CC(C)C)NC(=O)[C@H](CC(C)C)NC(=O)[C@@H](N)CCC(=O)O)C(=O)O. The van der Waals surface area contributed by atoms with Crippen molar-refractivity contribution in [2.24, 2.45) is 23.5 Å². The van der Waals surface area contributed by atoms with Gasteiger partial charge in [0.1, 0.15) is 48.3 Å². The van der Waals surface area contributed by atoms with E-state index in [0.29, 0.717) is 22.0 Å². The van der Waals surface area contributed by atoms with Gasteiger partial charge in [0.15, 0.2) is 0 Å². The molecule has 16 N–H and O–H groups in total. The van der Waals surface area contributed by atoms with Crippen LogP contribution in [-0.4, -0.2) is 163 Å². The Balaban J connectivity index is 1.86. The van der Waals surface area contributed by atoms with Crippen LogP contribution in [0.2, 0.25) is 0 Å². The van der Waals surface area contributed by atoms with Crippen LogP contribution < -0.4 is 48.3 Å². The zero-order valence-electron chi connectivity index (χ0n) is 45.1. The average molecular weight is 1110 g/mol. The molecule has 3 rings (SSSR count). The topological polar surface area (TPSA) is 427 Å². The molecule has 0 spiro atoms. The van der Waals surface area contributed by atoms with Gasteiger partial charge in [-0.25, -0.2) is 4.79 Å². The molecule has 1 heterocycles. The number of aliphatic hydroxyl groups excluding tert-OH is 2. The number of hydrogen-bond donors (Lipinski definition) is 15. The molecule has 0 aliphatic carbocycles. The van der Waals surface area contributed by atoms with Crippen molar-refractivity contribution in [3.05, 3.63) is 71.9 Å². The van der Waals surface area contributed by atoms with Gasteiger partial charge < -0.3 is 78.8 Å². The summed E-state index contributed by atoms with van der Waals surface area (Å²) in [4.78, 5) is 148. The van der Waals surface area contributed by atoms with Crippen LogP contribution in [-0.2, 0) is 65.6 Å². The van der Waals surface area contributed by atoms with Crippen molar-refractivity contribution in [3.63, 3.8) is 0 Å². The Morgan fingerprint density at radius 2 is 0.861 bits per heavy atom. The van der Waals surface area contributed by atoms with Crippen LogP contribution in [0, 0.1) is 17.8 Å². The molecular formula is C53H76N10O16. The number of aromatic amines is 1. The molecule has 79 heavy (non-hydrogen) atoms. The van der Waals surface area contributed by atoms with Gasteiger partial charge in [-0.05, 0) is 60.6 Å². The molecule has 8 amide bonds. The van der Waals surface area contributed by atoms with Crippen molar-refractivity contribution in [2.75, 3.05) is 13.2 Å². The van der Waals surface area contributed by atoms with Gasteiger partial charge in [-0.15, -0.1) is 0 Å². The number of aromatic nitrogens is 1. The Morgan fingerprint density at radius 1 is 0.468 bits per heavy atom. The number of fused-ring (bicyclic) bond motifs is 1. The second-order valence-electron chi connectivity index (χ2n) is 20.5. The predicted molar refractivity (Wildman–Crippen MR) is 285 cm³/mol. The number of carboxylic acid groups (broad SMARTS) is 3. The number of rotatable bonds is 34. The van der Waals surface area contributed by atoms with Crippen molar-refractivity contribution in [1.29, 1.82) is 0 Å². The zero-order valence-corrected chi connectivity index (χ0v) is 45.1. The number of nitrogens with two attached hydrogens (primary N) is 1. The molecule has 0 aliphatic rings. The van der Waals surface area contributed by atoms with Crippen LogP contribution in [0.15, 0.2) is 60.8 Å². The first-order valence-electron chi connectivity index (χ1n) is 25.9. The quantitative estimate of drug-likeness (QED) is 0.0331. The fraction of sp³-hybridized carbons (Fsp3) is 0.528. The lowest BCUT2D eigenvalue weighted by atomic mass is 9.99. The summed E-state index contributed by atoms with van der Waals surface area (Å²) >= 11 is 0. The molecule has 1 aromatic heterocycles. The lowest BCUT2D eigenvalue weighted by Gasteiger charge is -2.28. The summed E-state index contributed by atoms with van der Waals surface area (Å²) < 4.78 is 0. The summed E-state index contributed by atoms with van der Waals surface area (Å²) in [6.07, 6.45) is -0.478. The van der Waals surface area contributed by atoms with Crippen molar-refractivity contribution < 1.29 is 78.3 Å². The van der Waals surface area contributed by atoms with E-state index in [0.717, 1.165) is 0 Å². The lowest BCUT2D eigenvalue weighted by Crippen LogP contribution is -2.62. The first-order chi connectivity index (χ1) is 37.2. The maximum Gasteiger partial charge on any atom is 0.326 e. The molecule has 0 unspecified atom stereocenters. The van der Waals surface area contributed by atoms with Crippen molar-refractivity contribution in [2.45, 2.75) is 147 Å². The van der Waals surface area contributed by atoms with E-state index in [-0.39, 0.29) is 56.3 Å². The third kappa shape index (κ3) is 22.1. The lowest BCUT2D eigenvalue weighted by molar-refractivity contribution is -0.143. The van der Waals surface area contributed by atoms with Crippen molar-refractivity contribution in [3.8, 4) is 0 Å². The molecule has 0 saturated heterocycles. The van der Waals surface area contributed by atoms with E-state index < -0.39 is 146 Å². The Kier molecular flexibility index (Phi) is 26.5. The highest BCUT2D eigenvalue weighted by molar-refractivity contribution is 5.99. The molecule has 0 bridgehead atoms. The maximum atomic E-state index is 14.1. The Morgan fingerprint density at radius 3 is 1.34 bits per heavy atom. The highest BCUT2D eigenvalue weighted by Crippen LogP contribution is 2.20. The number of hydrogen-bond acceptors (Lipinski definition) is 14. The van der Waals surface area contributed by atoms with Crippen LogP contribution in [0.3, 0.4) is 0 Å². The molecule has 9 atom stereocenters. The van der Waals surface area contributed by atoms with Gasteiger partial charge in [0.25, 0.3) is 0 Å². The fourth-order valence-corrected chi connectivity index (χ4v) is 8.25. The van der Waals surface area contributed by atoms with E-state index >= 15 is 0 Å². The molecule has 434 valence electrons. The molecule has 2 aromatic carbocycles. The summed E-state index contributed by atoms with van der Waals surface area (Å²) in [5.74, 6) is -12.9. The van der Waals surface area contributed by atoms with Crippen LogP contribution >= 0.6 is 0 Å². The van der Waals surface area contributed by atoms with Crippen LogP contribution in [0.25, 0.3) is 10.9 Å². The number of carbonyl (C=O) groups is 11. The number of benzene rings is 2. The standard InChI is InChI=1S/C53H76N10O16/c1-27(2)18-35(56-45(70)33(54)16-17-43(66)67)46(71)57-36(19-28(3)4)47(72)60-39(23-44(68)69)50(75)58-37(21-30-12-8-7-9-13-30)48(73)62-42(26-65)52(77)63-41(25-64)51(76)59-38(49(74)61-40(53(78)79)20-29(5)6)22-31-24-55-34-15-11-10-14-32(31)34/h7-15,24,27-29,33,35-42,55,64-65H,16-23,25-26,54H2,1-6H3,(H,56,70)(H,57,71)(H,58,75)(H,59,76)(H,60,72)(H,61,74)(H,62,73)(H,63,77)(H,66,67)(H,68,69)(H,78,79)/t33-,35-,36-,37-,38-,39-,40-,41-,42-/m0/s1. The van der Waals surface area contributed by atoms with Gasteiger partial charge in [0.05, 0.1) is 25.7 Å². The first kappa shape index (κ1) is 65.3. The highest BCUT2D eigenvalue weighted by Gasteiger charge is 2.36. The minimum Gasteiger partial charge on any atom is -0.481 e. The second kappa shape index (κ2) is 32.1. The van der Waals surface area contributed by atoms with Gasteiger partial charge in [-0.1, -0.05) is 90.1 Å². The molecule has 0 radical (unpaired) electrons. The number of amides is 8. The molecule has 3 aromatic rings. The maximum absolute atomic E-state index is 14.1. The monoisotopic (exact) mass is 1110 g/mol. The van der Waals surface area contributed by atoms with Crippen LogP contribution in [0.5, 0.6) is 0 Å². The summed E-state index contributed by atoms with van der Waals surface area (Å²) in [6.45, 7) is 8.28. The first-order valence-corrected chi connectivity index (χ1v) is 25.9. The zero-order chi connectivity index (χ0) is 59.1. The van der Waals surface area contributed by atoms with E-state index in [1.54, 1.807) is 102 Å². The summed E-state index contributed by atoms with van der Waals surface area (Å²) in [5, 5.41) is 69.4. The van der Waals surface area contributed by atoms with Gasteiger partial charge in [-0.2, -0.15) is 0 Å². The van der Waals surface area contributed by atoms with Crippen molar-refractivity contribution >= 4 is 76.1 Å². The molecule has 26 nitrogen and oxygen atoms in total. The minimum atomic E-state index is -1.89. The number of aliphatic carboxylic acids is 3.